The molecule has 0 aliphatic carbocycles. The van der Waals surface area contributed by atoms with Gasteiger partial charge in [-0.25, -0.2) is 9.66 Å². The zero-order valence-corrected chi connectivity index (χ0v) is 17.4. The molecule has 1 atom stereocenters. The van der Waals surface area contributed by atoms with Gasteiger partial charge in [0.2, 0.25) is 0 Å². The Morgan fingerprint density at radius 2 is 2.08 bits per heavy atom. The fourth-order valence-electron chi connectivity index (χ4n) is 2.62. The third kappa shape index (κ3) is 3.84. The molecule has 0 radical (unpaired) electrons. The van der Waals surface area contributed by atoms with Crippen LogP contribution in [0, 0.1) is 6.92 Å². The highest BCUT2D eigenvalue weighted by molar-refractivity contribution is 9.10. The predicted molar refractivity (Wildman–Crippen MR) is 110 cm³/mol. The van der Waals surface area contributed by atoms with Crippen LogP contribution in [0.4, 0.5) is 5.69 Å². The molecule has 8 heteroatoms. The quantitative estimate of drug-likeness (QED) is 0.616. The summed E-state index contributed by atoms with van der Waals surface area (Å²) >= 11 is 9.54. The van der Waals surface area contributed by atoms with Crippen LogP contribution in [-0.4, -0.2) is 19.6 Å². The molecular formula is C18H17BrClN3O2S. The Hall–Kier alpha value is -1.70. The summed E-state index contributed by atoms with van der Waals surface area (Å²) in [6.07, 6.45) is 2.21. The minimum atomic E-state index is -1.18. The molecule has 3 rings (SSSR count). The first-order valence-electron chi connectivity index (χ1n) is 8.03. The number of fused-ring (bicyclic) bond motifs is 1. The van der Waals surface area contributed by atoms with E-state index in [0.717, 1.165) is 16.5 Å². The highest BCUT2D eigenvalue weighted by Gasteiger charge is 2.13. The molecule has 26 heavy (non-hydrogen) atoms. The maximum Gasteiger partial charge on any atom is 0.280 e. The summed E-state index contributed by atoms with van der Waals surface area (Å²) in [7, 11) is -1.18. The first-order valence-corrected chi connectivity index (χ1v) is 10.5. The van der Waals surface area contributed by atoms with Crippen LogP contribution in [0.5, 0.6) is 0 Å². The van der Waals surface area contributed by atoms with Crippen LogP contribution >= 0.6 is 27.5 Å². The van der Waals surface area contributed by atoms with Crippen LogP contribution in [0.2, 0.25) is 5.02 Å². The molecule has 0 saturated heterocycles. The van der Waals surface area contributed by atoms with Crippen LogP contribution in [-0.2, 0) is 10.8 Å². The summed E-state index contributed by atoms with van der Waals surface area (Å²) < 4.78 is 14.5. The monoisotopic (exact) mass is 453 g/mol. The number of halogens is 2. The van der Waals surface area contributed by atoms with Gasteiger partial charge in [-0.2, -0.15) is 0 Å². The Morgan fingerprint density at radius 1 is 1.31 bits per heavy atom. The Bertz CT molecular complexity index is 1070. The fourth-order valence-corrected chi connectivity index (χ4v) is 4.63. The predicted octanol–water partition coefficient (Wildman–Crippen LogP) is 4.51. The minimum absolute atomic E-state index is 0.244. The highest BCUT2D eigenvalue weighted by atomic mass is 79.9. The Morgan fingerprint density at radius 3 is 2.81 bits per heavy atom. The number of hydrogen-bond donors (Lipinski definition) is 1. The van der Waals surface area contributed by atoms with E-state index < -0.39 is 10.8 Å². The zero-order valence-electron chi connectivity index (χ0n) is 14.3. The van der Waals surface area contributed by atoms with E-state index in [-0.39, 0.29) is 5.56 Å². The maximum absolute atomic E-state index is 12.9. The van der Waals surface area contributed by atoms with E-state index in [1.54, 1.807) is 24.3 Å². The van der Waals surface area contributed by atoms with Gasteiger partial charge in [-0.15, -0.1) is 0 Å². The largest absolute Gasteiger partial charge is 0.289 e. The van der Waals surface area contributed by atoms with Crippen molar-refractivity contribution in [1.29, 1.82) is 0 Å². The van der Waals surface area contributed by atoms with Crippen LogP contribution in [0.25, 0.3) is 10.9 Å². The molecule has 136 valence electrons. The molecule has 1 unspecified atom stereocenters. The van der Waals surface area contributed by atoms with Crippen molar-refractivity contribution in [2.24, 2.45) is 0 Å². The highest BCUT2D eigenvalue weighted by Crippen LogP contribution is 2.25. The van der Waals surface area contributed by atoms with Crippen LogP contribution < -0.4 is 11.0 Å². The van der Waals surface area contributed by atoms with Crippen molar-refractivity contribution < 1.29 is 4.21 Å². The van der Waals surface area contributed by atoms with Gasteiger partial charge in [0.25, 0.3) is 5.56 Å². The van der Waals surface area contributed by atoms with Gasteiger partial charge < -0.3 is 0 Å². The SMILES string of the molecule is CCCS(=O)c1ccc(Cl)cc1Nn1cnc2c(Br)cc(C)cc2c1=O. The first kappa shape index (κ1) is 19.1. The molecule has 0 aliphatic heterocycles. The van der Waals surface area contributed by atoms with Crippen LogP contribution in [0.15, 0.2) is 50.8 Å². The molecular weight excluding hydrogens is 438 g/mol. The van der Waals surface area contributed by atoms with E-state index in [9.17, 15) is 9.00 Å². The van der Waals surface area contributed by atoms with Crippen molar-refractivity contribution in [2.75, 3.05) is 11.2 Å². The number of benzene rings is 2. The minimum Gasteiger partial charge on any atom is -0.289 e. The lowest BCUT2D eigenvalue weighted by atomic mass is 10.2. The molecule has 0 saturated carbocycles. The van der Waals surface area contributed by atoms with Crippen molar-refractivity contribution in [3.63, 3.8) is 0 Å². The number of aryl methyl sites for hydroxylation is 1. The molecule has 1 N–H and O–H groups in total. The maximum atomic E-state index is 12.9. The Kier molecular flexibility index (Phi) is 5.79. The van der Waals surface area contributed by atoms with E-state index >= 15 is 0 Å². The topological polar surface area (TPSA) is 64.0 Å². The van der Waals surface area contributed by atoms with Crippen molar-refractivity contribution in [3.8, 4) is 0 Å². The van der Waals surface area contributed by atoms with Gasteiger partial charge in [0.05, 0.1) is 32.3 Å². The van der Waals surface area contributed by atoms with Gasteiger partial charge in [-0.3, -0.25) is 14.4 Å². The second kappa shape index (κ2) is 7.90. The number of nitrogens with one attached hydrogen (secondary N) is 1. The first-order chi connectivity index (χ1) is 12.4. The van der Waals surface area contributed by atoms with Crippen LogP contribution in [0.3, 0.4) is 0 Å². The summed E-state index contributed by atoms with van der Waals surface area (Å²) in [6, 6.07) is 8.78. The van der Waals surface area contributed by atoms with Crippen molar-refractivity contribution in [2.45, 2.75) is 25.2 Å². The molecule has 1 aromatic heterocycles. The third-order valence-corrected chi connectivity index (χ3v) is 6.24. The smallest absolute Gasteiger partial charge is 0.280 e. The fraction of sp³-hybridized carbons (Fsp3) is 0.222. The third-order valence-electron chi connectivity index (χ3n) is 3.78. The second-order valence-electron chi connectivity index (χ2n) is 5.86. The Balaban J connectivity index is 2.10. The van der Waals surface area contributed by atoms with E-state index in [2.05, 4.69) is 26.3 Å². The van der Waals surface area contributed by atoms with Gasteiger partial charge in [0, 0.05) is 15.2 Å². The van der Waals surface area contributed by atoms with Gasteiger partial charge in [-0.1, -0.05) is 18.5 Å². The summed E-state index contributed by atoms with van der Waals surface area (Å²) in [5.41, 5.74) is 4.83. The molecule has 3 aromatic rings. The molecule has 2 aromatic carbocycles. The molecule has 0 aliphatic rings. The van der Waals surface area contributed by atoms with Crippen LogP contribution in [0.1, 0.15) is 18.9 Å². The van der Waals surface area contributed by atoms with Crippen molar-refractivity contribution in [3.05, 3.63) is 62.1 Å². The lowest BCUT2D eigenvalue weighted by molar-refractivity contribution is 0.681. The average Bonchev–Trinajstić information content (AvgIpc) is 2.58. The summed E-state index contributed by atoms with van der Waals surface area (Å²) in [4.78, 5) is 17.8. The summed E-state index contributed by atoms with van der Waals surface area (Å²) in [5, 5.41) is 0.982. The normalized spacial score (nSPS) is 12.3. The van der Waals surface area contributed by atoms with E-state index in [1.807, 2.05) is 19.9 Å². The van der Waals surface area contributed by atoms with Gasteiger partial charge in [0.15, 0.2) is 0 Å². The summed E-state index contributed by atoms with van der Waals surface area (Å²) in [5.74, 6) is 0.535. The lowest BCUT2D eigenvalue weighted by Crippen LogP contribution is -2.27. The zero-order chi connectivity index (χ0) is 18.8. The molecule has 0 spiro atoms. The lowest BCUT2D eigenvalue weighted by Gasteiger charge is -2.14. The van der Waals surface area contributed by atoms with E-state index in [0.29, 0.717) is 32.3 Å². The van der Waals surface area contributed by atoms with E-state index in [1.165, 1.54) is 11.0 Å². The molecule has 5 nitrogen and oxygen atoms in total. The summed E-state index contributed by atoms with van der Waals surface area (Å²) in [6.45, 7) is 3.89. The van der Waals surface area contributed by atoms with Gasteiger partial charge >= 0.3 is 0 Å². The number of nitrogens with zero attached hydrogens (tertiary/aromatic N) is 2. The number of anilines is 1. The number of aromatic nitrogens is 2. The second-order valence-corrected chi connectivity index (χ2v) is 8.69. The van der Waals surface area contributed by atoms with Gasteiger partial charge in [-0.05, 0) is 65.2 Å². The molecule has 0 fully saturated rings. The molecule has 0 bridgehead atoms. The molecule has 1 heterocycles. The molecule has 0 amide bonds. The average molecular weight is 455 g/mol. The van der Waals surface area contributed by atoms with E-state index in [4.69, 9.17) is 11.6 Å². The van der Waals surface area contributed by atoms with Crippen molar-refractivity contribution >= 4 is 54.9 Å². The van der Waals surface area contributed by atoms with Gasteiger partial charge in [0.1, 0.15) is 6.33 Å². The standard InChI is InChI=1S/C18H17BrClN3O2S/c1-3-6-26(25)16-5-4-12(20)9-15(16)22-23-10-21-17-13(18(23)24)7-11(2)8-14(17)19/h4-5,7-10,22H,3,6H2,1-2H3. The number of rotatable bonds is 5. The Labute approximate surface area is 167 Å². The van der Waals surface area contributed by atoms with Crippen molar-refractivity contribution in [1.82, 2.24) is 9.66 Å². The number of hydrogen-bond acceptors (Lipinski definition) is 4.